The van der Waals surface area contributed by atoms with Crippen molar-refractivity contribution in [1.29, 1.82) is 0 Å². The highest BCUT2D eigenvalue weighted by atomic mass is 35.5. The van der Waals surface area contributed by atoms with Gasteiger partial charge in [0.25, 0.3) is 0 Å². The number of rotatable bonds is 2. The van der Waals surface area contributed by atoms with E-state index in [1.165, 1.54) is 6.42 Å². The summed E-state index contributed by atoms with van der Waals surface area (Å²) in [6, 6.07) is 5.61. The zero-order valence-corrected chi connectivity index (χ0v) is 14.3. The van der Waals surface area contributed by atoms with Crippen LogP contribution in [0.25, 0.3) is 0 Å². The fourth-order valence-corrected chi connectivity index (χ4v) is 6.36. The van der Waals surface area contributed by atoms with Gasteiger partial charge in [-0.3, -0.25) is 4.79 Å². The Kier molecular flexibility index (Phi) is 3.29. The second-order valence-electron chi connectivity index (χ2n) is 7.81. The van der Waals surface area contributed by atoms with Crippen LogP contribution < -0.4 is 5.32 Å². The Bertz CT molecular complexity index is 628. The third kappa shape index (κ3) is 2.35. The molecule has 0 saturated heterocycles. The van der Waals surface area contributed by atoms with Crippen molar-refractivity contribution in [3.05, 3.63) is 28.8 Å². The van der Waals surface area contributed by atoms with Gasteiger partial charge < -0.3 is 5.32 Å². The number of anilines is 1. The summed E-state index contributed by atoms with van der Waals surface area (Å²) < 4.78 is 0. The lowest BCUT2D eigenvalue weighted by molar-refractivity contribution is -0.138. The molecule has 4 atom stereocenters. The molecule has 0 aromatic heterocycles. The van der Waals surface area contributed by atoms with Gasteiger partial charge in [-0.15, -0.1) is 11.6 Å². The molecule has 4 fully saturated rings. The molecule has 1 amide bonds. The lowest BCUT2D eigenvalue weighted by Gasteiger charge is -2.59. The molecular weight excluding hydrogens is 317 g/mol. The fraction of sp³-hybridized carbons (Fsp3) is 0.611. The van der Waals surface area contributed by atoms with Crippen LogP contribution >= 0.6 is 23.2 Å². The van der Waals surface area contributed by atoms with Gasteiger partial charge in [0.05, 0.1) is 5.41 Å². The first-order chi connectivity index (χ1) is 10.4. The zero-order chi connectivity index (χ0) is 15.5. The number of halogens is 2. The molecule has 4 heteroatoms. The predicted molar refractivity (Wildman–Crippen MR) is 90.5 cm³/mol. The second kappa shape index (κ2) is 4.88. The minimum atomic E-state index is -0.252. The van der Waals surface area contributed by atoms with Crippen LogP contribution in [-0.4, -0.2) is 10.8 Å². The molecule has 22 heavy (non-hydrogen) atoms. The number of benzene rings is 1. The number of hydrogen-bond donors (Lipinski definition) is 1. The summed E-state index contributed by atoms with van der Waals surface area (Å²) >= 11 is 12.8. The summed E-state index contributed by atoms with van der Waals surface area (Å²) in [7, 11) is 0. The van der Waals surface area contributed by atoms with E-state index in [0.29, 0.717) is 16.9 Å². The number of nitrogens with one attached hydrogen (secondary N) is 1. The van der Waals surface area contributed by atoms with Crippen molar-refractivity contribution in [2.45, 2.75) is 50.3 Å². The molecular formula is C18H21Cl2NO. The maximum Gasteiger partial charge on any atom is 0.230 e. The van der Waals surface area contributed by atoms with E-state index in [-0.39, 0.29) is 16.2 Å². The van der Waals surface area contributed by atoms with Gasteiger partial charge in [0.15, 0.2) is 0 Å². The van der Waals surface area contributed by atoms with E-state index in [1.807, 2.05) is 25.1 Å². The Morgan fingerprint density at radius 3 is 2.50 bits per heavy atom. The van der Waals surface area contributed by atoms with Crippen LogP contribution in [0.4, 0.5) is 5.69 Å². The van der Waals surface area contributed by atoms with E-state index in [9.17, 15) is 4.79 Å². The number of alkyl halides is 1. The summed E-state index contributed by atoms with van der Waals surface area (Å²) in [5.74, 6) is 1.43. The van der Waals surface area contributed by atoms with Crippen molar-refractivity contribution in [3.8, 4) is 0 Å². The van der Waals surface area contributed by atoms with E-state index in [1.54, 1.807) is 0 Å². The number of carbonyl (C=O) groups is 1. The SMILES string of the molecule is Cc1cc(Cl)ccc1NC(=O)C12C[C@@H]3C[C@@H](CC(Cl)(C3)C1)C2. The first-order valence-electron chi connectivity index (χ1n) is 8.14. The van der Waals surface area contributed by atoms with E-state index >= 15 is 0 Å². The van der Waals surface area contributed by atoms with E-state index in [0.717, 1.165) is 43.4 Å². The summed E-state index contributed by atoms with van der Waals surface area (Å²) in [5.41, 5.74) is 1.62. The topological polar surface area (TPSA) is 29.1 Å². The highest BCUT2D eigenvalue weighted by molar-refractivity contribution is 6.30. The molecule has 2 unspecified atom stereocenters. The minimum Gasteiger partial charge on any atom is -0.325 e. The van der Waals surface area contributed by atoms with E-state index in [2.05, 4.69) is 5.32 Å². The highest BCUT2D eigenvalue weighted by Gasteiger charge is 2.60. The summed E-state index contributed by atoms with van der Waals surface area (Å²) in [6.45, 7) is 1.98. The molecule has 1 aromatic carbocycles. The maximum atomic E-state index is 13.0. The van der Waals surface area contributed by atoms with Gasteiger partial charge in [-0.05, 0) is 81.0 Å². The number of aryl methyl sites for hydroxylation is 1. The fourth-order valence-electron chi connectivity index (χ4n) is 5.44. The highest BCUT2D eigenvalue weighted by Crippen LogP contribution is 2.64. The predicted octanol–water partition coefficient (Wildman–Crippen LogP) is 5.16. The van der Waals surface area contributed by atoms with Gasteiger partial charge in [-0.1, -0.05) is 11.6 Å². The molecule has 0 radical (unpaired) electrons. The Morgan fingerprint density at radius 2 is 1.91 bits per heavy atom. The molecule has 4 bridgehead atoms. The molecule has 2 nitrogen and oxygen atoms in total. The van der Waals surface area contributed by atoms with Crippen LogP contribution in [0, 0.1) is 24.2 Å². The average molecular weight is 338 g/mol. The van der Waals surface area contributed by atoms with Crippen molar-refractivity contribution in [2.75, 3.05) is 5.32 Å². The number of carbonyl (C=O) groups excluding carboxylic acids is 1. The minimum absolute atomic E-state index is 0.129. The molecule has 0 aliphatic heterocycles. The maximum absolute atomic E-state index is 13.0. The Hall–Kier alpha value is -0.730. The van der Waals surface area contributed by atoms with Crippen molar-refractivity contribution in [3.63, 3.8) is 0 Å². The van der Waals surface area contributed by atoms with Gasteiger partial charge in [0.1, 0.15) is 0 Å². The lowest BCUT2D eigenvalue weighted by Crippen LogP contribution is -2.57. The Balaban J connectivity index is 1.60. The molecule has 1 N–H and O–H groups in total. The molecule has 0 spiro atoms. The second-order valence-corrected chi connectivity index (χ2v) is 9.04. The van der Waals surface area contributed by atoms with Gasteiger partial charge >= 0.3 is 0 Å². The van der Waals surface area contributed by atoms with Crippen LogP contribution in [0.5, 0.6) is 0 Å². The monoisotopic (exact) mass is 337 g/mol. The summed E-state index contributed by atoms with van der Waals surface area (Å²) in [4.78, 5) is 12.9. The third-order valence-electron chi connectivity index (χ3n) is 5.91. The van der Waals surface area contributed by atoms with Crippen LogP contribution in [0.2, 0.25) is 5.02 Å². The molecule has 0 heterocycles. The number of hydrogen-bond acceptors (Lipinski definition) is 1. The third-order valence-corrected chi connectivity index (χ3v) is 6.59. The molecule has 118 valence electrons. The smallest absolute Gasteiger partial charge is 0.230 e. The molecule has 5 rings (SSSR count). The largest absolute Gasteiger partial charge is 0.325 e. The van der Waals surface area contributed by atoms with Gasteiger partial charge in [0.2, 0.25) is 5.91 Å². The summed E-state index contributed by atoms with van der Waals surface area (Å²) in [5, 5.41) is 3.85. The first kappa shape index (κ1) is 14.8. The molecule has 1 aromatic rings. The standard InChI is InChI=1S/C18H21Cl2NO/c1-11-4-14(19)2-3-15(11)21-16(22)17-6-12-5-13(7-17)9-18(20,8-12)10-17/h2-4,12-13H,5-10H2,1H3,(H,21,22)/t12-,13+,17?,18?. The van der Waals surface area contributed by atoms with Gasteiger partial charge in [0, 0.05) is 15.6 Å². The summed E-state index contributed by atoms with van der Waals surface area (Å²) in [6.07, 6.45) is 6.32. The van der Waals surface area contributed by atoms with Crippen molar-refractivity contribution < 1.29 is 4.79 Å². The van der Waals surface area contributed by atoms with E-state index in [4.69, 9.17) is 23.2 Å². The van der Waals surface area contributed by atoms with Gasteiger partial charge in [-0.25, -0.2) is 0 Å². The van der Waals surface area contributed by atoms with Crippen LogP contribution in [0.15, 0.2) is 18.2 Å². The van der Waals surface area contributed by atoms with Crippen LogP contribution in [0.3, 0.4) is 0 Å². The van der Waals surface area contributed by atoms with Crippen LogP contribution in [-0.2, 0) is 4.79 Å². The molecule has 4 saturated carbocycles. The normalized spacial score (nSPS) is 39.0. The van der Waals surface area contributed by atoms with Crippen molar-refractivity contribution in [2.24, 2.45) is 17.3 Å². The van der Waals surface area contributed by atoms with Crippen molar-refractivity contribution in [1.82, 2.24) is 0 Å². The lowest BCUT2D eigenvalue weighted by atomic mass is 9.49. The van der Waals surface area contributed by atoms with Gasteiger partial charge in [-0.2, -0.15) is 0 Å². The average Bonchev–Trinajstić information content (AvgIpc) is 2.39. The first-order valence-corrected chi connectivity index (χ1v) is 8.90. The number of amides is 1. The molecule has 4 aliphatic rings. The van der Waals surface area contributed by atoms with Crippen LogP contribution in [0.1, 0.15) is 44.1 Å². The van der Waals surface area contributed by atoms with E-state index < -0.39 is 0 Å². The Morgan fingerprint density at radius 1 is 1.23 bits per heavy atom. The molecule has 4 aliphatic carbocycles. The zero-order valence-electron chi connectivity index (χ0n) is 12.8. The quantitative estimate of drug-likeness (QED) is 0.741. The Labute approximate surface area is 141 Å². The van der Waals surface area contributed by atoms with Crippen molar-refractivity contribution >= 4 is 34.8 Å².